The SMILES string of the molecule is CN(C)/C=N/Sc1cc(NC(=O)Cc2ccccc2Cl)cc2c1CCN(C(=O)c1ccccc1)C2. The number of nitrogens with one attached hydrogen (secondary N) is 1. The van der Waals surface area contributed by atoms with E-state index in [0.717, 1.165) is 28.0 Å². The number of hydrogen-bond acceptors (Lipinski definition) is 4. The molecule has 3 aromatic carbocycles. The van der Waals surface area contributed by atoms with Gasteiger partial charge >= 0.3 is 0 Å². The van der Waals surface area contributed by atoms with Crippen LogP contribution in [-0.4, -0.2) is 48.6 Å². The molecule has 0 aliphatic carbocycles. The second kappa shape index (κ2) is 11.4. The van der Waals surface area contributed by atoms with Crippen molar-refractivity contribution in [3.05, 3.63) is 94.0 Å². The lowest BCUT2D eigenvalue weighted by Crippen LogP contribution is -2.36. The van der Waals surface area contributed by atoms with Crippen LogP contribution >= 0.6 is 23.5 Å². The molecule has 1 N–H and O–H groups in total. The Morgan fingerprint density at radius 3 is 2.60 bits per heavy atom. The molecule has 0 unspecified atom stereocenters. The largest absolute Gasteiger partial charge is 0.368 e. The Kier molecular flexibility index (Phi) is 8.10. The molecule has 0 fully saturated rings. The van der Waals surface area contributed by atoms with Crippen molar-refractivity contribution < 1.29 is 9.59 Å². The minimum atomic E-state index is -0.154. The predicted octanol–water partition coefficient (Wildman–Crippen LogP) is 5.32. The smallest absolute Gasteiger partial charge is 0.254 e. The number of anilines is 1. The van der Waals surface area contributed by atoms with Crippen molar-refractivity contribution in [1.82, 2.24) is 9.80 Å². The highest BCUT2D eigenvalue weighted by Gasteiger charge is 2.24. The van der Waals surface area contributed by atoms with E-state index in [0.29, 0.717) is 29.4 Å². The number of nitrogens with zero attached hydrogens (tertiary/aromatic N) is 3. The Morgan fingerprint density at radius 1 is 1.11 bits per heavy atom. The third-order valence-corrected chi connectivity index (χ3v) is 6.75. The molecule has 180 valence electrons. The topological polar surface area (TPSA) is 65.0 Å². The Morgan fingerprint density at radius 2 is 1.86 bits per heavy atom. The first-order chi connectivity index (χ1) is 16.9. The Hall–Kier alpha value is -3.29. The zero-order valence-electron chi connectivity index (χ0n) is 19.7. The first kappa shape index (κ1) is 24.8. The van der Waals surface area contributed by atoms with Gasteiger partial charge < -0.3 is 15.1 Å². The number of rotatable bonds is 7. The van der Waals surface area contributed by atoms with Gasteiger partial charge in [-0.05, 0) is 53.4 Å². The van der Waals surface area contributed by atoms with Crippen LogP contribution in [0.4, 0.5) is 5.69 Å². The Labute approximate surface area is 215 Å². The van der Waals surface area contributed by atoms with Crippen molar-refractivity contribution >= 4 is 47.4 Å². The fourth-order valence-corrected chi connectivity index (χ4v) is 5.02. The molecule has 0 aromatic heterocycles. The zero-order chi connectivity index (χ0) is 24.8. The first-order valence-electron chi connectivity index (χ1n) is 11.3. The molecular formula is C27H27ClN4O2S. The molecule has 4 rings (SSSR count). The van der Waals surface area contributed by atoms with E-state index in [1.165, 1.54) is 11.9 Å². The summed E-state index contributed by atoms with van der Waals surface area (Å²) in [5.74, 6) is -0.150. The van der Waals surface area contributed by atoms with Crippen molar-refractivity contribution in [2.45, 2.75) is 24.3 Å². The van der Waals surface area contributed by atoms with E-state index in [9.17, 15) is 9.59 Å². The minimum absolute atomic E-state index is 0.00393. The number of benzene rings is 3. The van der Waals surface area contributed by atoms with E-state index in [1.54, 1.807) is 12.4 Å². The van der Waals surface area contributed by atoms with E-state index in [2.05, 4.69) is 9.71 Å². The Bertz CT molecular complexity index is 1250. The van der Waals surface area contributed by atoms with Crippen LogP contribution in [0, 0.1) is 0 Å². The highest BCUT2D eigenvalue weighted by molar-refractivity contribution is 7.98. The van der Waals surface area contributed by atoms with Crippen molar-refractivity contribution in [1.29, 1.82) is 0 Å². The lowest BCUT2D eigenvalue weighted by atomic mass is 9.98. The molecule has 0 saturated carbocycles. The normalized spacial score (nSPS) is 12.9. The van der Waals surface area contributed by atoms with Crippen LogP contribution in [0.2, 0.25) is 5.02 Å². The molecule has 0 radical (unpaired) electrons. The lowest BCUT2D eigenvalue weighted by molar-refractivity contribution is -0.115. The van der Waals surface area contributed by atoms with Gasteiger partial charge in [0.1, 0.15) is 0 Å². The van der Waals surface area contributed by atoms with Crippen molar-refractivity contribution in [2.24, 2.45) is 4.40 Å². The number of fused-ring (bicyclic) bond motifs is 1. The summed E-state index contributed by atoms with van der Waals surface area (Å²) in [6.45, 7) is 1.10. The van der Waals surface area contributed by atoms with E-state index in [-0.39, 0.29) is 18.2 Å². The lowest BCUT2D eigenvalue weighted by Gasteiger charge is -2.30. The second-order valence-electron chi connectivity index (χ2n) is 8.55. The predicted molar refractivity (Wildman–Crippen MR) is 143 cm³/mol. The monoisotopic (exact) mass is 506 g/mol. The summed E-state index contributed by atoms with van der Waals surface area (Å²) >= 11 is 7.60. The number of hydrogen-bond donors (Lipinski definition) is 1. The van der Waals surface area contributed by atoms with Gasteiger partial charge in [-0.2, -0.15) is 0 Å². The van der Waals surface area contributed by atoms with E-state index >= 15 is 0 Å². The molecule has 1 aliphatic heterocycles. The molecule has 6 nitrogen and oxygen atoms in total. The summed E-state index contributed by atoms with van der Waals surface area (Å²) < 4.78 is 4.46. The Balaban J connectivity index is 1.58. The maximum atomic E-state index is 13.0. The first-order valence-corrected chi connectivity index (χ1v) is 12.5. The average molecular weight is 507 g/mol. The second-order valence-corrected chi connectivity index (χ2v) is 9.79. The molecule has 2 amide bonds. The molecule has 0 bridgehead atoms. The van der Waals surface area contributed by atoms with Gasteiger partial charge in [-0.3, -0.25) is 9.59 Å². The summed E-state index contributed by atoms with van der Waals surface area (Å²) in [7, 11) is 3.83. The maximum absolute atomic E-state index is 13.0. The van der Waals surface area contributed by atoms with Gasteiger partial charge in [0.15, 0.2) is 0 Å². The minimum Gasteiger partial charge on any atom is -0.368 e. The molecule has 3 aromatic rings. The number of amides is 2. The fraction of sp³-hybridized carbons (Fsp3) is 0.222. The van der Waals surface area contributed by atoms with Crippen LogP contribution in [0.3, 0.4) is 0 Å². The summed E-state index contributed by atoms with van der Waals surface area (Å²) in [5, 5.41) is 3.57. The zero-order valence-corrected chi connectivity index (χ0v) is 21.3. The molecule has 1 aliphatic rings. The average Bonchev–Trinajstić information content (AvgIpc) is 2.85. The molecular weight excluding hydrogens is 480 g/mol. The standard InChI is InChI=1S/C27H27ClN4O2S/c1-31(2)18-29-35-25-16-22(30-26(33)15-20-10-6-7-11-24(20)28)14-21-17-32(13-12-23(21)25)27(34)19-8-4-3-5-9-19/h3-11,14,16,18H,12-13,15,17H2,1-2H3,(H,30,33)/b29-18+. The van der Waals surface area contributed by atoms with Crippen LogP contribution in [0.5, 0.6) is 0 Å². The van der Waals surface area contributed by atoms with Gasteiger partial charge in [-0.25, -0.2) is 4.40 Å². The maximum Gasteiger partial charge on any atom is 0.254 e. The quantitative estimate of drug-likeness (QED) is 0.268. The molecule has 0 atom stereocenters. The summed E-state index contributed by atoms with van der Waals surface area (Å²) in [5.41, 5.74) is 4.29. The summed E-state index contributed by atoms with van der Waals surface area (Å²) in [4.78, 5) is 30.5. The third-order valence-electron chi connectivity index (χ3n) is 5.62. The van der Waals surface area contributed by atoms with Gasteiger partial charge in [-0.15, -0.1) is 0 Å². The molecule has 35 heavy (non-hydrogen) atoms. The van der Waals surface area contributed by atoms with Crippen LogP contribution in [-0.2, 0) is 24.2 Å². The highest BCUT2D eigenvalue weighted by Crippen LogP contribution is 2.34. The van der Waals surface area contributed by atoms with Crippen molar-refractivity contribution in [3.8, 4) is 0 Å². The van der Waals surface area contributed by atoms with Gasteiger partial charge in [-0.1, -0.05) is 48.0 Å². The van der Waals surface area contributed by atoms with Crippen molar-refractivity contribution in [3.63, 3.8) is 0 Å². The molecule has 8 heteroatoms. The number of halogens is 1. The molecule has 0 saturated heterocycles. The van der Waals surface area contributed by atoms with Crippen LogP contribution in [0.1, 0.15) is 27.0 Å². The van der Waals surface area contributed by atoms with Gasteiger partial charge in [0.25, 0.3) is 5.91 Å². The van der Waals surface area contributed by atoms with E-state index in [4.69, 9.17) is 11.6 Å². The van der Waals surface area contributed by atoms with Crippen molar-refractivity contribution in [2.75, 3.05) is 26.0 Å². The van der Waals surface area contributed by atoms with Gasteiger partial charge in [0, 0.05) is 60.3 Å². The molecule has 0 spiro atoms. The number of carbonyl (C=O) groups excluding carboxylic acids is 2. The highest BCUT2D eigenvalue weighted by atomic mass is 35.5. The third kappa shape index (κ3) is 6.44. The van der Waals surface area contributed by atoms with Gasteiger partial charge in [0.05, 0.1) is 12.8 Å². The van der Waals surface area contributed by atoms with Crippen LogP contribution < -0.4 is 5.32 Å². The van der Waals surface area contributed by atoms with E-state index < -0.39 is 0 Å². The number of carbonyl (C=O) groups is 2. The van der Waals surface area contributed by atoms with E-state index in [1.807, 2.05) is 84.6 Å². The molecule has 1 heterocycles. The van der Waals surface area contributed by atoms with Crippen LogP contribution in [0.25, 0.3) is 0 Å². The van der Waals surface area contributed by atoms with Crippen LogP contribution in [0.15, 0.2) is 76.0 Å². The van der Waals surface area contributed by atoms with Gasteiger partial charge in [0.2, 0.25) is 5.91 Å². The fourth-order valence-electron chi connectivity index (χ4n) is 3.94. The summed E-state index contributed by atoms with van der Waals surface area (Å²) in [6, 6.07) is 20.6. The summed E-state index contributed by atoms with van der Waals surface area (Å²) in [6.07, 6.45) is 2.64.